The van der Waals surface area contributed by atoms with Gasteiger partial charge in [0.2, 0.25) is 0 Å². The van der Waals surface area contributed by atoms with Crippen molar-refractivity contribution in [3.8, 4) is 0 Å². The molecule has 1 aliphatic rings. The Hall–Kier alpha value is -2.97. The molecule has 0 bridgehead atoms. The van der Waals surface area contributed by atoms with Crippen molar-refractivity contribution >= 4 is 51.7 Å². The zero-order valence-corrected chi connectivity index (χ0v) is 22.2. The normalized spacial score (nSPS) is 15.9. The first-order valence-electron chi connectivity index (χ1n) is 12.0. The minimum absolute atomic E-state index is 0.187. The Kier molecular flexibility index (Phi) is 7.72. The SMILES string of the molecule is CCCN(CCC)c1nc2ccc(C)cn2c(=O)c1/C=C1\SC(=S)N([C@@H](C)c2ccccc2)C1=O. The summed E-state index contributed by atoms with van der Waals surface area (Å²) < 4.78 is 2.05. The summed E-state index contributed by atoms with van der Waals surface area (Å²) in [6.45, 7) is 9.67. The van der Waals surface area contributed by atoms with E-state index in [1.807, 2.05) is 56.3 Å². The summed E-state index contributed by atoms with van der Waals surface area (Å²) in [6, 6.07) is 13.4. The second kappa shape index (κ2) is 10.7. The Labute approximate surface area is 215 Å². The number of aryl methyl sites for hydroxylation is 1. The van der Waals surface area contributed by atoms with Gasteiger partial charge in [-0.1, -0.05) is 74.2 Å². The number of rotatable bonds is 8. The molecule has 0 aliphatic carbocycles. The third-order valence-corrected chi connectivity index (χ3v) is 7.37. The average Bonchev–Trinajstić information content (AvgIpc) is 3.13. The van der Waals surface area contributed by atoms with E-state index < -0.39 is 0 Å². The van der Waals surface area contributed by atoms with Crippen molar-refractivity contribution in [1.82, 2.24) is 14.3 Å². The van der Waals surface area contributed by atoms with Gasteiger partial charge in [0, 0.05) is 19.3 Å². The topological polar surface area (TPSA) is 57.9 Å². The number of carbonyl (C=O) groups is 1. The molecule has 1 atom stereocenters. The molecular weight excluding hydrogens is 476 g/mol. The second-order valence-electron chi connectivity index (χ2n) is 8.71. The first kappa shape index (κ1) is 25.1. The Morgan fingerprint density at radius 1 is 1.09 bits per heavy atom. The maximum Gasteiger partial charge on any atom is 0.267 e. The molecule has 2 aromatic heterocycles. The highest BCUT2D eigenvalue weighted by atomic mass is 32.2. The highest BCUT2D eigenvalue weighted by molar-refractivity contribution is 8.26. The van der Waals surface area contributed by atoms with Gasteiger partial charge in [0.1, 0.15) is 15.8 Å². The molecule has 1 aromatic carbocycles. The number of thioether (sulfide) groups is 1. The van der Waals surface area contributed by atoms with Crippen molar-refractivity contribution in [2.45, 2.75) is 46.6 Å². The van der Waals surface area contributed by atoms with E-state index >= 15 is 0 Å². The van der Waals surface area contributed by atoms with E-state index in [4.69, 9.17) is 17.2 Å². The minimum atomic E-state index is -0.204. The molecule has 3 heterocycles. The van der Waals surface area contributed by atoms with Gasteiger partial charge in [0.05, 0.1) is 16.5 Å². The summed E-state index contributed by atoms with van der Waals surface area (Å²) in [5.41, 5.74) is 2.79. The summed E-state index contributed by atoms with van der Waals surface area (Å²) in [5.74, 6) is 0.428. The van der Waals surface area contributed by atoms with Crippen LogP contribution in [0.2, 0.25) is 0 Å². The highest BCUT2D eigenvalue weighted by Crippen LogP contribution is 2.38. The number of pyridine rings is 1. The maximum absolute atomic E-state index is 13.7. The summed E-state index contributed by atoms with van der Waals surface area (Å²) in [5, 5.41) is 0. The van der Waals surface area contributed by atoms with Crippen LogP contribution in [0.3, 0.4) is 0 Å². The van der Waals surface area contributed by atoms with Crippen LogP contribution < -0.4 is 10.5 Å². The van der Waals surface area contributed by atoms with Gasteiger partial charge in [-0.2, -0.15) is 0 Å². The molecule has 1 aliphatic heterocycles. The lowest BCUT2D eigenvalue weighted by molar-refractivity contribution is -0.123. The average molecular weight is 507 g/mol. The smallest absolute Gasteiger partial charge is 0.267 e. The van der Waals surface area contributed by atoms with Gasteiger partial charge in [0.15, 0.2) is 0 Å². The van der Waals surface area contributed by atoms with Crippen LogP contribution in [-0.4, -0.2) is 37.6 Å². The van der Waals surface area contributed by atoms with Crippen LogP contribution >= 0.6 is 24.0 Å². The van der Waals surface area contributed by atoms with Crippen LogP contribution in [0.1, 0.15) is 56.3 Å². The van der Waals surface area contributed by atoms with Gasteiger partial charge >= 0.3 is 0 Å². The standard InChI is InChI=1S/C27H30N4O2S2/c1-5-14-29(15-6-2)24-21(25(32)30-17-18(3)12-13-23(30)28-24)16-22-26(33)31(27(34)35-22)19(4)20-10-8-7-9-11-20/h7-13,16-17,19H,5-6,14-15H2,1-4H3/b22-16-/t19-/m0/s1. The number of aromatic nitrogens is 2. The minimum Gasteiger partial charge on any atom is -0.356 e. The van der Waals surface area contributed by atoms with E-state index in [-0.39, 0.29) is 17.5 Å². The molecule has 8 heteroatoms. The Bertz CT molecular complexity index is 1340. The number of carbonyl (C=O) groups excluding carboxylic acids is 1. The van der Waals surface area contributed by atoms with Crippen molar-refractivity contribution in [1.29, 1.82) is 0 Å². The van der Waals surface area contributed by atoms with Crippen molar-refractivity contribution in [3.05, 3.63) is 80.6 Å². The van der Waals surface area contributed by atoms with E-state index in [9.17, 15) is 9.59 Å². The number of thiocarbonyl (C=S) groups is 1. The number of hydrogen-bond donors (Lipinski definition) is 0. The van der Waals surface area contributed by atoms with Crippen molar-refractivity contribution in [3.63, 3.8) is 0 Å². The molecule has 1 saturated heterocycles. The summed E-state index contributed by atoms with van der Waals surface area (Å²) in [7, 11) is 0. The monoisotopic (exact) mass is 506 g/mol. The van der Waals surface area contributed by atoms with Gasteiger partial charge < -0.3 is 4.90 Å². The lowest BCUT2D eigenvalue weighted by Gasteiger charge is -2.25. The molecule has 6 nitrogen and oxygen atoms in total. The third-order valence-electron chi connectivity index (χ3n) is 6.04. The van der Waals surface area contributed by atoms with E-state index in [0.717, 1.165) is 37.1 Å². The molecular formula is C27H30N4O2S2. The number of anilines is 1. The molecule has 0 N–H and O–H groups in total. The molecule has 0 radical (unpaired) electrons. The van der Waals surface area contributed by atoms with E-state index in [1.165, 1.54) is 11.8 Å². The van der Waals surface area contributed by atoms with Gasteiger partial charge in [-0.15, -0.1) is 0 Å². The summed E-state index contributed by atoms with van der Waals surface area (Å²) in [4.78, 5) is 36.3. The Morgan fingerprint density at radius 3 is 2.43 bits per heavy atom. The highest BCUT2D eigenvalue weighted by Gasteiger charge is 2.36. The third kappa shape index (κ3) is 5.04. The molecule has 0 unspecified atom stereocenters. The van der Waals surface area contributed by atoms with E-state index in [0.29, 0.717) is 26.3 Å². The zero-order chi connectivity index (χ0) is 25.1. The number of hydrogen-bond acceptors (Lipinski definition) is 6. The lowest BCUT2D eigenvalue weighted by atomic mass is 10.1. The fourth-order valence-electron chi connectivity index (χ4n) is 4.30. The molecule has 0 saturated carbocycles. The molecule has 0 spiro atoms. The quantitative estimate of drug-likeness (QED) is 0.293. The van der Waals surface area contributed by atoms with Gasteiger partial charge in [-0.05, 0) is 50.0 Å². The fraction of sp³-hybridized carbons (Fsp3) is 0.333. The van der Waals surface area contributed by atoms with Crippen LogP contribution in [0.25, 0.3) is 11.7 Å². The Balaban J connectivity index is 1.84. The molecule has 182 valence electrons. The maximum atomic E-state index is 13.7. The number of nitrogens with zero attached hydrogens (tertiary/aromatic N) is 4. The van der Waals surface area contributed by atoms with Crippen LogP contribution in [0.15, 0.2) is 58.4 Å². The van der Waals surface area contributed by atoms with Crippen LogP contribution in [-0.2, 0) is 4.79 Å². The van der Waals surface area contributed by atoms with Crippen molar-refractivity contribution in [2.75, 3.05) is 18.0 Å². The molecule has 4 rings (SSSR count). The van der Waals surface area contributed by atoms with Crippen molar-refractivity contribution < 1.29 is 4.79 Å². The molecule has 35 heavy (non-hydrogen) atoms. The summed E-state index contributed by atoms with van der Waals surface area (Å²) >= 11 is 6.84. The fourth-order valence-corrected chi connectivity index (χ4v) is 5.70. The number of benzene rings is 1. The van der Waals surface area contributed by atoms with E-state index in [1.54, 1.807) is 21.6 Å². The predicted octanol–water partition coefficient (Wildman–Crippen LogP) is 5.59. The first-order valence-corrected chi connectivity index (χ1v) is 13.2. The molecule has 1 amide bonds. The number of amides is 1. The first-order chi connectivity index (χ1) is 16.8. The van der Waals surface area contributed by atoms with Crippen LogP contribution in [0.5, 0.6) is 0 Å². The second-order valence-corrected chi connectivity index (χ2v) is 10.4. The van der Waals surface area contributed by atoms with Crippen LogP contribution in [0.4, 0.5) is 5.82 Å². The van der Waals surface area contributed by atoms with Crippen LogP contribution in [0, 0.1) is 6.92 Å². The van der Waals surface area contributed by atoms with Gasteiger partial charge in [-0.3, -0.25) is 18.9 Å². The van der Waals surface area contributed by atoms with Gasteiger partial charge in [-0.25, -0.2) is 4.98 Å². The molecule has 3 aromatic rings. The summed E-state index contributed by atoms with van der Waals surface area (Å²) in [6.07, 6.45) is 5.32. The van der Waals surface area contributed by atoms with E-state index in [2.05, 4.69) is 18.7 Å². The molecule has 1 fully saturated rings. The Morgan fingerprint density at radius 2 is 1.77 bits per heavy atom. The van der Waals surface area contributed by atoms with Gasteiger partial charge in [0.25, 0.3) is 11.5 Å². The van der Waals surface area contributed by atoms with Crippen molar-refractivity contribution in [2.24, 2.45) is 0 Å². The lowest BCUT2D eigenvalue weighted by Crippen LogP contribution is -2.32. The predicted molar refractivity (Wildman–Crippen MR) is 149 cm³/mol. The number of fused-ring (bicyclic) bond motifs is 1. The largest absolute Gasteiger partial charge is 0.356 e. The zero-order valence-electron chi connectivity index (χ0n) is 20.5.